The van der Waals surface area contributed by atoms with Gasteiger partial charge >= 0.3 is 0 Å². The second-order valence-electron chi connectivity index (χ2n) is 7.95. The minimum absolute atomic E-state index is 0.0501. The van der Waals surface area contributed by atoms with Crippen LogP contribution in [-0.4, -0.2) is 55.1 Å². The molecule has 2 saturated heterocycles. The van der Waals surface area contributed by atoms with Gasteiger partial charge in [-0.05, 0) is 18.4 Å². The third kappa shape index (κ3) is 3.81. The normalized spacial score (nSPS) is 27.0. The Hall–Kier alpha value is -1.39. The molecule has 1 aromatic rings. The van der Waals surface area contributed by atoms with Crippen molar-refractivity contribution in [3.63, 3.8) is 0 Å². The van der Waals surface area contributed by atoms with Crippen LogP contribution in [0.5, 0.6) is 0 Å². The van der Waals surface area contributed by atoms with Crippen LogP contribution < -0.4 is 0 Å². The first-order valence-corrected chi connectivity index (χ1v) is 9.14. The summed E-state index contributed by atoms with van der Waals surface area (Å²) in [6.07, 6.45) is 0.623. The summed E-state index contributed by atoms with van der Waals surface area (Å²) in [6, 6.07) is 11.0. The molecule has 1 aromatic carbocycles. The number of rotatable bonds is 4. The molecule has 4 nitrogen and oxygen atoms in total. The van der Waals surface area contributed by atoms with E-state index < -0.39 is 0 Å². The number of ether oxygens (including phenoxy) is 1. The molecule has 0 bridgehead atoms. The van der Waals surface area contributed by atoms with Gasteiger partial charge in [-0.3, -0.25) is 9.69 Å². The Morgan fingerprint density at radius 1 is 1.17 bits per heavy atom. The molecular formula is C20H30N2O2. The monoisotopic (exact) mass is 330 g/mol. The van der Waals surface area contributed by atoms with Gasteiger partial charge in [0.15, 0.2) is 0 Å². The zero-order valence-electron chi connectivity index (χ0n) is 15.2. The average molecular weight is 330 g/mol. The van der Waals surface area contributed by atoms with Crippen LogP contribution in [0.2, 0.25) is 0 Å². The van der Waals surface area contributed by atoms with Gasteiger partial charge in [-0.2, -0.15) is 0 Å². The zero-order chi connectivity index (χ0) is 17.2. The van der Waals surface area contributed by atoms with Crippen LogP contribution in [0.25, 0.3) is 0 Å². The molecule has 0 saturated carbocycles. The van der Waals surface area contributed by atoms with E-state index in [0.29, 0.717) is 30.9 Å². The summed E-state index contributed by atoms with van der Waals surface area (Å²) in [4.78, 5) is 17.0. The van der Waals surface area contributed by atoms with Gasteiger partial charge in [-0.1, -0.05) is 44.2 Å². The van der Waals surface area contributed by atoms with E-state index in [4.69, 9.17) is 4.74 Å². The molecule has 2 unspecified atom stereocenters. The first-order valence-electron chi connectivity index (χ1n) is 9.14. The minimum atomic E-state index is -0.0501. The lowest BCUT2D eigenvalue weighted by Gasteiger charge is -2.35. The highest BCUT2D eigenvalue weighted by molar-refractivity contribution is 5.79. The van der Waals surface area contributed by atoms with Crippen LogP contribution in [0.3, 0.4) is 0 Å². The summed E-state index contributed by atoms with van der Waals surface area (Å²) >= 11 is 0. The highest BCUT2D eigenvalue weighted by Crippen LogP contribution is 2.37. The summed E-state index contributed by atoms with van der Waals surface area (Å²) < 4.78 is 5.93. The second kappa shape index (κ2) is 7.24. The summed E-state index contributed by atoms with van der Waals surface area (Å²) in [5.74, 6) is 0.802. The number of likely N-dealkylation sites (tertiary alicyclic amines) is 1. The molecule has 2 aliphatic heterocycles. The van der Waals surface area contributed by atoms with Crippen molar-refractivity contribution in [1.82, 2.24) is 9.80 Å². The van der Waals surface area contributed by atoms with Crippen LogP contribution >= 0.6 is 0 Å². The number of benzene rings is 1. The number of nitrogens with zero attached hydrogens (tertiary/aromatic N) is 2. The molecule has 0 aliphatic carbocycles. The predicted molar refractivity (Wildman–Crippen MR) is 95.7 cm³/mol. The first kappa shape index (κ1) is 17.4. The lowest BCUT2D eigenvalue weighted by atomic mass is 9.86. The van der Waals surface area contributed by atoms with Crippen molar-refractivity contribution in [3.8, 4) is 0 Å². The highest BCUT2D eigenvalue weighted by Gasteiger charge is 2.46. The van der Waals surface area contributed by atoms with Gasteiger partial charge in [0.2, 0.25) is 5.91 Å². The Kier molecular flexibility index (Phi) is 5.26. The van der Waals surface area contributed by atoms with Crippen LogP contribution in [0.1, 0.15) is 38.8 Å². The predicted octanol–water partition coefficient (Wildman–Crippen LogP) is 2.95. The number of carbonyl (C=O) groups is 1. The molecule has 0 N–H and O–H groups in total. The smallest absolute Gasteiger partial charge is 0.223 e. The van der Waals surface area contributed by atoms with E-state index in [1.165, 1.54) is 5.56 Å². The van der Waals surface area contributed by atoms with Crippen molar-refractivity contribution < 1.29 is 9.53 Å². The third-order valence-electron chi connectivity index (χ3n) is 5.29. The van der Waals surface area contributed by atoms with E-state index in [1.54, 1.807) is 0 Å². The van der Waals surface area contributed by atoms with Crippen molar-refractivity contribution >= 4 is 5.91 Å². The Labute approximate surface area is 145 Å². The summed E-state index contributed by atoms with van der Waals surface area (Å²) in [5.41, 5.74) is 1.28. The van der Waals surface area contributed by atoms with E-state index in [2.05, 4.69) is 56.0 Å². The molecule has 4 heteroatoms. The fraction of sp³-hybridized carbons (Fsp3) is 0.650. The van der Waals surface area contributed by atoms with E-state index in [0.717, 1.165) is 32.8 Å². The summed E-state index contributed by atoms with van der Waals surface area (Å²) in [6.45, 7) is 11.6. The van der Waals surface area contributed by atoms with Crippen molar-refractivity contribution in [1.29, 1.82) is 0 Å². The van der Waals surface area contributed by atoms with Crippen molar-refractivity contribution in [2.45, 2.75) is 33.2 Å². The molecule has 2 atom stereocenters. The van der Waals surface area contributed by atoms with Gasteiger partial charge in [0.05, 0.1) is 13.2 Å². The molecule has 1 spiro atoms. The molecule has 0 radical (unpaired) electrons. The fourth-order valence-corrected chi connectivity index (χ4v) is 4.09. The largest absolute Gasteiger partial charge is 0.379 e. The number of amides is 1. The molecule has 1 amide bonds. The molecule has 132 valence electrons. The average Bonchev–Trinajstić information content (AvgIpc) is 2.72. The molecule has 3 rings (SSSR count). The van der Waals surface area contributed by atoms with Crippen LogP contribution in [0, 0.1) is 11.3 Å². The van der Waals surface area contributed by atoms with E-state index in [1.807, 2.05) is 4.90 Å². The van der Waals surface area contributed by atoms with E-state index in [-0.39, 0.29) is 5.41 Å². The van der Waals surface area contributed by atoms with Crippen LogP contribution in [-0.2, 0) is 9.53 Å². The first-order chi connectivity index (χ1) is 11.5. The van der Waals surface area contributed by atoms with Gasteiger partial charge in [0, 0.05) is 44.1 Å². The minimum Gasteiger partial charge on any atom is -0.379 e. The van der Waals surface area contributed by atoms with Gasteiger partial charge in [0.1, 0.15) is 0 Å². The number of hydrogen-bond donors (Lipinski definition) is 0. The van der Waals surface area contributed by atoms with Crippen LogP contribution in [0.15, 0.2) is 30.3 Å². The molecule has 2 heterocycles. The Balaban J connectivity index is 1.74. The zero-order valence-corrected chi connectivity index (χ0v) is 15.2. The molecule has 24 heavy (non-hydrogen) atoms. The Bertz CT molecular complexity index is 560. The summed E-state index contributed by atoms with van der Waals surface area (Å²) in [5, 5.41) is 0. The van der Waals surface area contributed by atoms with Crippen molar-refractivity contribution in [3.05, 3.63) is 35.9 Å². The summed E-state index contributed by atoms with van der Waals surface area (Å²) in [7, 11) is 0. The number of carbonyl (C=O) groups excluding carboxylic acids is 1. The van der Waals surface area contributed by atoms with Gasteiger partial charge in [-0.15, -0.1) is 0 Å². The SMILES string of the molecule is CC(C)CN1CC2(COCCN(C(C)c3ccccc3)C2)CC1=O. The molecule has 0 aromatic heterocycles. The van der Waals surface area contributed by atoms with Crippen molar-refractivity contribution in [2.24, 2.45) is 11.3 Å². The second-order valence-corrected chi connectivity index (χ2v) is 7.95. The lowest BCUT2D eigenvalue weighted by molar-refractivity contribution is -0.128. The Morgan fingerprint density at radius 3 is 2.62 bits per heavy atom. The van der Waals surface area contributed by atoms with E-state index in [9.17, 15) is 4.79 Å². The van der Waals surface area contributed by atoms with E-state index >= 15 is 0 Å². The third-order valence-corrected chi connectivity index (χ3v) is 5.29. The van der Waals surface area contributed by atoms with Gasteiger partial charge < -0.3 is 9.64 Å². The van der Waals surface area contributed by atoms with Crippen molar-refractivity contribution in [2.75, 3.05) is 39.4 Å². The maximum absolute atomic E-state index is 12.5. The fourth-order valence-electron chi connectivity index (χ4n) is 4.09. The molecule has 2 fully saturated rings. The maximum atomic E-state index is 12.5. The van der Waals surface area contributed by atoms with Gasteiger partial charge in [-0.25, -0.2) is 0 Å². The lowest BCUT2D eigenvalue weighted by Crippen LogP contribution is -2.42. The maximum Gasteiger partial charge on any atom is 0.223 e. The molecular weight excluding hydrogens is 300 g/mol. The van der Waals surface area contributed by atoms with Crippen LogP contribution in [0.4, 0.5) is 0 Å². The molecule has 2 aliphatic rings. The Morgan fingerprint density at radius 2 is 1.92 bits per heavy atom. The van der Waals surface area contributed by atoms with Gasteiger partial charge in [0.25, 0.3) is 0 Å². The standard InChI is InChI=1S/C20H30N2O2/c1-16(2)12-22-14-20(11-19(22)23)13-21(9-10-24-15-20)17(3)18-7-5-4-6-8-18/h4-8,16-17H,9-15H2,1-3H3. The highest BCUT2D eigenvalue weighted by atomic mass is 16.5. The topological polar surface area (TPSA) is 32.8 Å². The quantitative estimate of drug-likeness (QED) is 0.851. The number of hydrogen-bond acceptors (Lipinski definition) is 3.